The lowest BCUT2D eigenvalue weighted by molar-refractivity contribution is -0.127. The molecule has 1 aliphatic rings. The van der Waals surface area contributed by atoms with Crippen LogP contribution in [-0.2, 0) is 19.6 Å². The summed E-state index contributed by atoms with van der Waals surface area (Å²) in [6, 6.07) is -0.708. The fraction of sp³-hybridized carbons (Fsp3) is 0.800. The van der Waals surface area contributed by atoms with Crippen molar-refractivity contribution >= 4 is 21.8 Å². The van der Waals surface area contributed by atoms with Gasteiger partial charge in [0.05, 0.1) is 12.3 Å². The zero-order valence-corrected chi connectivity index (χ0v) is 11.2. The van der Waals surface area contributed by atoms with Gasteiger partial charge in [-0.05, 0) is 19.3 Å². The molecular formula is C10H19N3O4S. The van der Waals surface area contributed by atoms with E-state index >= 15 is 0 Å². The first-order valence-corrected chi connectivity index (χ1v) is 7.55. The van der Waals surface area contributed by atoms with Crippen LogP contribution in [0.2, 0.25) is 0 Å². The Labute approximate surface area is 107 Å². The molecule has 8 heteroatoms. The molecule has 0 saturated carbocycles. The quantitative estimate of drug-likeness (QED) is 0.635. The summed E-state index contributed by atoms with van der Waals surface area (Å²) in [7, 11) is -3.39. The molecule has 0 aromatic carbocycles. The molecule has 2 amide bonds. The highest BCUT2D eigenvalue weighted by molar-refractivity contribution is 7.89. The van der Waals surface area contributed by atoms with Crippen molar-refractivity contribution in [2.24, 2.45) is 5.73 Å². The molecule has 1 aliphatic heterocycles. The fourth-order valence-electron chi connectivity index (χ4n) is 2.00. The lowest BCUT2D eigenvalue weighted by atomic mass is 10.2. The summed E-state index contributed by atoms with van der Waals surface area (Å²) < 4.78 is 25.1. The number of sulfonamides is 1. The first-order chi connectivity index (χ1) is 8.38. The molecule has 0 aromatic heterocycles. The van der Waals surface area contributed by atoms with Gasteiger partial charge in [-0.15, -0.1) is 0 Å². The second-order valence-corrected chi connectivity index (χ2v) is 6.31. The topological polar surface area (TPSA) is 110 Å². The summed E-state index contributed by atoms with van der Waals surface area (Å²) in [5.41, 5.74) is 4.92. The van der Waals surface area contributed by atoms with Crippen LogP contribution in [0.1, 0.15) is 26.2 Å². The normalized spacial score (nSPS) is 20.8. The lowest BCUT2D eigenvalue weighted by Crippen LogP contribution is -2.48. The van der Waals surface area contributed by atoms with Crippen molar-refractivity contribution in [2.75, 3.05) is 18.8 Å². The van der Waals surface area contributed by atoms with Gasteiger partial charge in [0.1, 0.15) is 6.04 Å². The maximum absolute atomic E-state index is 11.9. The van der Waals surface area contributed by atoms with Crippen molar-refractivity contribution in [1.82, 2.24) is 9.62 Å². The van der Waals surface area contributed by atoms with Gasteiger partial charge in [0.15, 0.2) is 0 Å². The summed E-state index contributed by atoms with van der Waals surface area (Å²) in [5, 5.41) is 2.35. The van der Waals surface area contributed by atoms with Gasteiger partial charge >= 0.3 is 0 Å². The van der Waals surface area contributed by atoms with E-state index < -0.39 is 27.9 Å². The summed E-state index contributed by atoms with van der Waals surface area (Å²) >= 11 is 0. The van der Waals surface area contributed by atoms with Crippen LogP contribution in [-0.4, -0.2) is 49.4 Å². The molecule has 1 atom stereocenters. The van der Waals surface area contributed by atoms with Gasteiger partial charge in [-0.25, -0.2) is 8.42 Å². The summed E-state index contributed by atoms with van der Waals surface area (Å²) in [5.74, 6) is -1.07. The van der Waals surface area contributed by atoms with Gasteiger partial charge in [-0.2, -0.15) is 4.31 Å². The van der Waals surface area contributed by atoms with Crippen molar-refractivity contribution in [3.8, 4) is 0 Å². The van der Waals surface area contributed by atoms with Crippen LogP contribution in [0.3, 0.4) is 0 Å². The van der Waals surface area contributed by atoms with E-state index in [4.69, 9.17) is 5.73 Å². The monoisotopic (exact) mass is 277 g/mol. The number of nitrogens with zero attached hydrogens (tertiary/aromatic N) is 1. The van der Waals surface area contributed by atoms with Gasteiger partial charge in [0, 0.05) is 6.54 Å². The van der Waals surface area contributed by atoms with E-state index in [1.165, 1.54) is 4.31 Å². The molecule has 18 heavy (non-hydrogen) atoms. The minimum atomic E-state index is -3.39. The molecule has 1 rings (SSSR count). The molecule has 1 unspecified atom stereocenters. The Morgan fingerprint density at radius 2 is 2.11 bits per heavy atom. The Bertz CT molecular complexity index is 421. The minimum Gasteiger partial charge on any atom is -0.368 e. The highest BCUT2D eigenvalue weighted by Gasteiger charge is 2.37. The number of amides is 2. The number of rotatable bonds is 6. The van der Waals surface area contributed by atoms with Gasteiger partial charge in [-0.3, -0.25) is 9.59 Å². The Morgan fingerprint density at radius 1 is 1.44 bits per heavy atom. The summed E-state index contributed by atoms with van der Waals surface area (Å²) in [4.78, 5) is 22.4. The van der Waals surface area contributed by atoms with Gasteiger partial charge in [0.2, 0.25) is 21.8 Å². The minimum absolute atomic E-state index is 0.0343. The highest BCUT2D eigenvalue weighted by Crippen LogP contribution is 2.21. The molecule has 0 spiro atoms. The number of hydrogen-bond acceptors (Lipinski definition) is 4. The van der Waals surface area contributed by atoms with Crippen LogP contribution in [0.5, 0.6) is 0 Å². The average Bonchev–Trinajstić information content (AvgIpc) is 2.75. The molecule has 0 bridgehead atoms. The van der Waals surface area contributed by atoms with E-state index in [1.54, 1.807) is 6.92 Å². The first-order valence-electron chi connectivity index (χ1n) is 5.94. The third-order valence-corrected chi connectivity index (χ3v) is 4.84. The number of nitrogens with two attached hydrogens (primary N) is 1. The molecule has 104 valence electrons. The van der Waals surface area contributed by atoms with Crippen molar-refractivity contribution in [1.29, 1.82) is 0 Å². The molecular weight excluding hydrogens is 258 g/mol. The van der Waals surface area contributed by atoms with Crippen LogP contribution in [0.4, 0.5) is 0 Å². The van der Waals surface area contributed by atoms with Crippen molar-refractivity contribution in [3.63, 3.8) is 0 Å². The third-order valence-electron chi connectivity index (χ3n) is 2.76. The predicted octanol–water partition coefficient (Wildman–Crippen LogP) is -1.21. The third kappa shape index (κ3) is 3.67. The van der Waals surface area contributed by atoms with Crippen molar-refractivity contribution in [2.45, 2.75) is 32.2 Å². The Morgan fingerprint density at radius 3 is 2.67 bits per heavy atom. The van der Waals surface area contributed by atoms with Gasteiger partial charge < -0.3 is 11.1 Å². The standard InChI is InChI=1S/C10H19N3O4S/c1-2-6-18(16,17)13-5-3-4-8(13)10(15)12-7-9(11)14/h8H,2-7H2,1H3,(H2,11,14)(H,12,15). The molecule has 7 nitrogen and oxygen atoms in total. The molecule has 0 radical (unpaired) electrons. The zero-order valence-electron chi connectivity index (χ0n) is 10.4. The molecule has 0 aromatic rings. The molecule has 3 N–H and O–H groups in total. The number of primary amides is 1. The maximum atomic E-state index is 11.9. The largest absolute Gasteiger partial charge is 0.368 e. The van der Waals surface area contributed by atoms with Crippen molar-refractivity contribution < 1.29 is 18.0 Å². The molecule has 0 aliphatic carbocycles. The molecule has 1 saturated heterocycles. The number of nitrogens with one attached hydrogen (secondary N) is 1. The van der Waals surface area contributed by atoms with E-state index in [2.05, 4.69) is 5.32 Å². The second kappa shape index (κ2) is 6.14. The van der Waals surface area contributed by atoms with Crippen LogP contribution in [0.25, 0.3) is 0 Å². The summed E-state index contributed by atoms with van der Waals surface area (Å²) in [6.45, 7) is 1.86. The number of hydrogen-bond donors (Lipinski definition) is 2. The van der Waals surface area contributed by atoms with E-state index in [1.807, 2.05) is 0 Å². The van der Waals surface area contributed by atoms with Crippen molar-refractivity contribution in [3.05, 3.63) is 0 Å². The first kappa shape index (κ1) is 14.9. The Balaban J connectivity index is 2.70. The predicted molar refractivity (Wildman–Crippen MR) is 66.0 cm³/mol. The van der Waals surface area contributed by atoms with Crippen LogP contribution >= 0.6 is 0 Å². The molecule has 1 fully saturated rings. The highest BCUT2D eigenvalue weighted by atomic mass is 32.2. The zero-order chi connectivity index (χ0) is 13.8. The van der Waals surface area contributed by atoms with Crippen LogP contribution in [0.15, 0.2) is 0 Å². The van der Waals surface area contributed by atoms with E-state index in [0.717, 1.165) is 0 Å². The molecule has 1 heterocycles. The van der Waals surface area contributed by atoms with Crippen LogP contribution in [0, 0.1) is 0 Å². The second-order valence-electron chi connectivity index (χ2n) is 4.27. The summed E-state index contributed by atoms with van der Waals surface area (Å²) in [6.07, 6.45) is 1.64. The van der Waals surface area contributed by atoms with Crippen LogP contribution < -0.4 is 11.1 Å². The average molecular weight is 277 g/mol. The number of carbonyl (C=O) groups excluding carboxylic acids is 2. The fourth-order valence-corrected chi connectivity index (χ4v) is 3.75. The maximum Gasteiger partial charge on any atom is 0.238 e. The van der Waals surface area contributed by atoms with E-state index in [-0.39, 0.29) is 12.3 Å². The lowest BCUT2D eigenvalue weighted by Gasteiger charge is -2.22. The smallest absolute Gasteiger partial charge is 0.238 e. The van der Waals surface area contributed by atoms with Gasteiger partial charge in [0.25, 0.3) is 0 Å². The number of carbonyl (C=O) groups is 2. The Kier molecular flexibility index (Phi) is 5.09. The Hall–Kier alpha value is -1.15. The van der Waals surface area contributed by atoms with E-state index in [0.29, 0.717) is 25.8 Å². The van der Waals surface area contributed by atoms with E-state index in [9.17, 15) is 18.0 Å². The van der Waals surface area contributed by atoms with Gasteiger partial charge in [-0.1, -0.05) is 6.92 Å². The SMILES string of the molecule is CCCS(=O)(=O)N1CCCC1C(=O)NCC(N)=O.